The van der Waals surface area contributed by atoms with Gasteiger partial charge in [0.15, 0.2) is 5.16 Å². The van der Waals surface area contributed by atoms with Crippen LogP contribution in [0.1, 0.15) is 6.42 Å². The minimum atomic E-state index is -0.252. The summed E-state index contributed by atoms with van der Waals surface area (Å²) in [5, 5.41) is 12.2. The van der Waals surface area contributed by atoms with Gasteiger partial charge in [-0.15, -0.1) is 10.2 Å². The van der Waals surface area contributed by atoms with E-state index < -0.39 is 0 Å². The van der Waals surface area contributed by atoms with Gasteiger partial charge in [-0.2, -0.15) is 0 Å². The van der Waals surface area contributed by atoms with Crippen LogP contribution in [0.3, 0.4) is 0 Å². The molecule has 0 aliphatic carbocycles. The second-order valence-electron chi connectivity index (χ2n) is 4.73. The molecule has 1 amide bonds. The Labute approximate surface area is 158 Å². The van der Waals surface area contributed by atoms with Crippen LogP contribution in [0.15, 0.2) is 23.6 Å². The lowest BCUT2D eigenvalue weighted by atomic mass is 10.3. The molecule has 1 heterocycles. The fourth-order valence-electron chi connectivity index (χ4n) is 1.86. The van der Waals surface area contributed by atoms with Crippen LogP contribution in [0.2, 0.25) is 15.1 Å². The third kappa shape index (κ3) is 5.53. The van der Waals surface area contributed by atoms with Gasteiger partial charge in [0.25, 0.3) is 0 Å². The molecule has 1 aromatic carbocycles. The van der Waals surface area contributed by atoms with Crippen molar-refractivity contribution in [1.82, 2.24) is 14.8 Å². The zero-order valence-electron chi connectivity index (χ0n) is 12.8. The number of anilines is 1. The van der Waals surface area contributed by atoms with Crippen LogP contribution >= 0.6 is 46.6 Å². The van der Waals surface area contributed by atoms with Crippen molar-refractivity contribution in [2.24, 2.45) is 0 Å². The van der Waals surface area contributed by atoms with Crippen LogP contribution < -0.4 is 5.32 Å². The highest BCUT2D eigenvalue weighted by Crippen LogP contribution is 2.33. The number of nitrogens with zero attached hydrogens (tertiary/aromatic N) is 3. The Hall–Kier alpha value is -0.990. The van der Waals surface area contributed by atoms with E-state index in [1.54, 1.807) is 13.4 Å². The van der Waals surface area contributed by atoms with Crippen molar-refractivity contribution in [3.05, 3.63) is 33.5 Å². The number of methoxy groups -OCH3 is 1. The van der Waals surface area contributed by atoms with E-state index in [2.05, 4.69) is 15.5 Å². The van der Waals surface area contributed by atoms with E-state index >= 15 is 0 Å². The molecule has 0 unspecified atom stereocenters. The van der Waals surface area contributed by atoms with Crippen LogP contribution in [-0.2, 0) is 16.1 Å². The summed E-state index contributed by atoms with van der Waals surface area (Å²) in [6.45, 7) is 1.37. The maximum atomic E-state index is 12.1. The van der Waals surface area contributed by atoms with Crippen LogP contribution in [-0.4, -0.2) is 40.1 Å². The number of thioether (sulfide) groups is 1. The summed E-state index contributed by atoms with van der Waals surface area (Å²) >= 11 is 19.2. The number of hydrogen-bond acceptors (Lipinski definition) is 5. The number of rotatable bonds is 8. The standard InChI is InChI=1S/C14H15Cl3N4O2S/c1-23-4-2-3-21-8-18-20-14(21)24-7-12(22)19-13-10(16)5-9(15)6-11(13)17/h5-6,8H,2-4,7H2,1H3,(H,19,22). The summed E-state index contributed by atoms with van der Waals surface area (Å²) in [6, 6.07) is 3.04. The van der Waals surface area contributed by atoms with E-state index in [1.165, 1.54) is 23.9 Å². The number of aryl methyl sites for hydroxylation is 1. The molecule has 0 aliphatic heterocycles. The molecule has 10 heteroatoms. The Balaban J connectivity index is 1.91. The lowest BCUT2D eigenvalue weighted by Gasteiger charge is -2.10. The van der Waals surface area contributed by atoms with E-state index in [0.717, 1.165) is 13.0 Å². The predicted molar refractivity (Wildman–Crippen MR) is 97.3 cm³/mol. The zero-order chi connectivity index (χ0) is 17.5. The Morgan fingerprint density at radius 3 is 2.71 bits per heavy atom. The SMILES string of the molecule is COCCCn1cnnc1SCC(=O)Nc1c(Cl)cc(Cl)cc1Cl. The number of halogens is 3. The minimum Gasteiger partial charge on any atom is -0.385 e. The Kier molecular flexibility index (Phi) is 7.64. The molecule has 0 radical (unpaired) electrons. The van der Waals surface area contributed by atoms with Crippen molar-refractivity contribution in [2.45, 2.75) is 18.1 Å². The highest BCUT2D eigenvalue weighted by molar-refractivity contribution is 7.99. The molecule has 0 spiro atoms. The number of benzene rings is 1. The van der Waals surface area contributed by atoms with Gasteiger partial charge >= 0.3 is 0 Å². The molecule has 130 valence electrons. The molecule has 6 nitrogen and oxygen atoms in total. The molecule has 1 N–H and O–H groups in total. The maximum Gasteiger partial charge on any atom is 0.234 e. The zero-order valence-corrected chi connectivity index (χ0v) is 15.8. The first-order chi connectivity index (χ1) is 11.5. The Bertz CT molecular complexity index is 688. The first kappa shape index (κ1) is 19.3. The molecule has 0 fully saturated rings. The Morgan fingerprint density at radius 2 is 2.04 bits per heavy atom. The van der Waals surface area contributed by atoms with Crippen LogP contribution in [0, 0.1) is 0 Å². The summed E-state index contributed by atoms with van der Waals surface area (Å²) in [5.74, 6) is -0.101. The number of amides is 1. The maximum absolute atomic E-state index is 12.1. The van der Waals surface area contributed by atoms with Crippen molar-refractivity contribution in [3.8, 4) is 0 Å². The quantitative estimate of drug-likeness (QED) is 0.527. The predicted octanol–water partition coefficient (Wildman–Crippen LogP) is 4.01. The number of hydrogen-bond donors (Lipinski definition) is 1. The molecule has 24 heavy (non-hydrogen) atoms. The summed E-state index contributed by atoms with van der Waals surface area (Å²) in [5.41, 5.74) is 0.342. The molecule has 0 saturated heterocycles. The minimum absolute atomic E-state index is 0.151. The van der Waals surface area contributed by atoms with Crippen molar-refractivity contribution >= 4 is 58.2 Å². The molecule has 2 rings (SSSR count). The molecule has 0 atom stereocenters. The molecule has 1 aromatic heterocycles. The lowest BCUT2D eigenvalue weighted by molar-refractivity contribution is -0.113. The highest BCUT2D eigenvalue weighted by atomic mass is 35.5. The van der Waals surface area contributed by atoms with Gasteiger partial charge in [0.2, 0.25) is 5.91 Å². The fraction of sp³-hybridized carbons (Fsp3) is 0.357. The largest absolute Gasteiger partial charge is 0.385 e. The second kappa shape index (κ2) is 9.48. The van der Waals surface area contributed by atoms with Gasteiger partial charge in [0.1, 0.15) is 6.33 Å². The molecule has 0 bridgehead atoms. The van der Waals surface area contributed by atoms with Gasteiger partial charge in [0, 0.05) is 25.3 Å². The number of carbonyl (C=O) groups is 1. The molecule has 2 aromatic rings. The van der Waals surface area contributed by atoms with Crippen molar-refractivity contribution in [1.29, 1.82) is 0 Å². The third-order valence-corrected chi connectivity index (χ3v) is 4.73. The van der Waals surface area contributed by atoms with Crippen LogP contribution in [0.25, 0.3) is 0 Å². The number of ether oxygens (including phenoxy) is 1. The van der Waals surface area contributed by atoms with Crippen LogP contribution in [0.5, 0.6) is 0 Å². The average molecular weight is 410 g/mol. The summed E-state index contributed by atoms with van der Waals surface area (Å²) in [7, 11) is 1.65. The van der Waals surface area contributed by atoms with E-state index in [4.69, 9.17) is 39.5 Å². The summed E-state index contributed by atoms with van der Waals surface area (Å²) in [6.07, 6.45) is 2.47. The summed E-state index contributed by atoms with van der Waals surface area (Å²) in [4.78, 5) is 12.1. The van der Waals surface area contributed by atoms with Gasteiger partial charge in [0.05, 0.1) is 21.5 Å². The number of aromatic nitrogens is 3. The highest BCUT2D eigenvalue weighted by Gasteiger charge is 2.13. The van der Waals surface area contributed by atoms with E-state index in [9.17, 15) is 4.79 Å². The van der Waals surface area contributed by atoms with E-state index in [-0.39, 0.29) is 21.7 Å². The lowest BCUT2D eigenvalue weighted by Crippen LogP contribution is -2.15. The monoisotopic (exact) mass is 408 g/mol. The number of nitrogens with one attached hydrogen (secondary N) is 1. The third-order valence-electron chi connectivity index (χ3n) is 2.93. The van der Waals surface area contributed by atoms with Gasteiger partial charge < -0.3 is 14.6 Å². The summed E-state index contributed by atoms with van der Waals surface area (Å²) < 4.78 is 6.89. The van der Waals surface area contributed by atoms with E-state index in [1.807, 2.05) is 4.57 Å². The fourth-order valence-corrected chi connectivity index (χ4v) is 3.51. The normalized spacial score (nSPS) is 10.8. The molecular formula is C14H15Cl3N4O2S. The Morgan fingerprint density at radius 1 is 1.33 bits per heavy atom. The van der Waals surface area contributed by atoms with Crippen molar-refractivity contribution in [2.75, 3.05) is 24.8 Å². The van der Waals surface area contributed by atoms with Crippen LogP contribution in [0.4, 0.5) is 5.69 Å². The van der Waals surface area contributed by atoms with E-state index in [0.29, 0.717) is 22.5 Å². The molecule has 0 saturated carbocycles. The average Bonchev–Trinajstić information content (AvgIpc) is 2.96. The van der Waals surface area contributed by atoms with Gasteiger partial charge in [-0.1, -0.05) is 46.6 Å². The first-order valence-electron chi connectivity index (χ1n) is 6.95. The molecular weight excluding hydrogens is 395 g/mol. The van der Waals surface area contributed by atoms with Gasteiger partial charge in [-0.3, -0.25) is 4.79 Å². The smallest absolute Gasteiger partial charge is 0.234 e. The number of carbonyl (C=O) groups excluding carboxylic acids is 1. The topological polar surface area (TPSA) is 69.0 Å². The van der Waals surface area contributed by atoms with Crippen molar-refractivity contribution < 1.29 is 9.53 Å². The van der Waals surface area contributed by atoms with Crippen molar-refractivity contribution in [3.63, 3.8) is 0 Å². The molecule has 0 aliphatic rings. The van der Waals surface area contributed by atoms with Gasteiger partial charge in [-0.25, -0.2) is 0 Å². The second-order valence-corrected chi connectivity index (χ2v) is 6.93. The van der Waals surface area contributed by atoms with Gasteiger partial charge in [-0.05, 0) is 18.6 Å². The first-order valence-corrected chi connectivity index (χ1v) is 9.07.